The van der Waals surface area contributed by atoms with Crippen molar-refractivity contribution in [2.24, 2.45) is 0 Å². The number of aromatic nitrogens is 1. The summed E-state index contributed by atoms with van der Waals surface area (Å²) in [5.74, 6) is -1.28. The summed E-state index contributed by atoms with van der Waals surface area (Å²) >= 11 is 0. The Kier molecular flexibility index (Phi) is 5.91. The Labute approximate surface area is 112 Å². The van der Waals surface area contributed by atoms with Gasteiger partial charge in [-0.15, -0.1) is 0 Å². The molecule has 0 amide bonds. The largest absolute Gasteiger partial charge is 0.480 e. The molecule has 0 aliphatic heterocycles. The van der Waals surface area contributed by atoms with E-state index in [1.165, 1.54) is 0 Å². The standard InChI is InChI=1S/C12H18N2O4S/c1-2-3-11(12(15)16)14-19(17,18)9-6-10-4-7-13-8-5-10/h4-5,7-8,11,14H,2-3,6,9H2,1H3,(H,15,16)/t11-/m1/s1. The average molecular weight is 286 g/mol. The molecule has 0 fully saturated rings. The average Bonchev–Trinajstić information content (AvgIpc) is 2.37. The van der Waals surface area contributed by atoms with Gasteiger partial charge in [-0.3, -0.25) is 9.78 Å². The number of carboxylic acids is 1. The van der Waals surface area contributed by atoms with E-state index in [0.717, 1.165) is 5.56 Å². The van der Waals surface area contributed by atoms with E-state index in [1.54, 1.807) is 31.5 Å². The molecule has 0 aliphatic rings. The molecule has 1 rings (SSSR count). The van der Waals surface area contributed by atoms with Gasteiger partial charge in [-0.2, -0.15) is 0 Å². The topological polar surface area (TPSA) is 96.4 Å². The second kappa shape index (κ2) is 7.20. The minimum absolute atomic E-state index is 0.134. The summed E-state index contributed by atoms with van der Waals surface area (Å²) in [6.07, 6.45) is 4.39. The fourth-order valence-corrected chi connectivity index (χ4v) is 2.87. The molecule has 0 bridgehead atoms. The highest BCUT2D eigenvalue weighted by molar-refractivity contribution is 7.89. The van der Waals surface area contributed by atoms with E-state index in [4.69, 9.17) is 5.11 Å². The van der Waals surface area contributed by atoms with Crippen LogP contribution in [0.1, 0.15) is 25.3 Å². The third-order valence-electron chi connectivity index (χ3n) is 2.61. The molecule has 0 spiro atoms. The van der Waals surface area contributed by atoms with E-state index in [2.05, 4.69) is 9.71 Å². The van der Waals surface area contributed by atoms with Gasteiger partial charge in [0.15, 0.2) is 0 Å². The number of carboxylic acid groups (broad SMARTS) is 1. The zero-order valence-electron chi connectivity index (χ0n) is 10.7. The molecule has 0 saturated heterocycles. The Balaban J connectivity index is 2.58. The van der Waals surface area contributed by atoms with Gasteiger partial charge in [0.1, 0.15) is 6.04 Å². The van der Waals surface area contributed by atoms with Gasteiger partial charge >= 0.3 is 5.97 Å². The van der Waals surface area contributed by atoms with Crippen molar-refractivity contribution in [3.63, 3.8) is 0 Å². The zero-order chi connectivity index (χ0) is 14.3. The molecule has 19 heavy (non-hydrogen) atoms. The number of nitrogens with zero attached hydrogens (tertiary/aromatic N) is 1. The molecule has 1 heterocycles. The van der Waals surface area contributed by atoms with Crippen molar-refractivity contribution in [2.45, 2.75) is 32.2 Å². The van der Waals surface area contributed by atoms with Gasteiger partial charge in [-0.05, 0) is 30.5 Å². The van der Waals surface area contributed by atoms with Crippen LogP contribution in [0.5, 0.6) is 0 Å². The van der Waals surface area contributed by atoms with Crippen molar-refractivity contribution in [1.29, 1.82) is 0 Å². The summed E-state index contributed by atoms with van der Waals surface area (Å²) in [5, 5.41) is 8.92. The Morgan fingerprint density at radius 3 is 2.58 bits per heavy atom. The maximum Gasteiger partial charge on any atom is 0.321 e. The van der Waals surface area contributed by atoms with E-state index >= 15 is 0 Å². The molecule has 106 valence electrons. The van der Waals surface area contributed by atoms with E-state index < -0.39 is 22.0 Å². The summed E-state index contributed by atoms with van der Waals surface area (Å²) < 4.78 is 25.8. The van der Waals surface area contributed by atoms with Crippen LogP contribution in [0.15, 0.2) is 24.5 Å². The Morgan fingerprint density at radius 1 is 1.42 bits per heavy atom. The first-order chi connectivity index (χ1) is 8.94. The van der Waals surface area contributed by atoms with E-state index in [0.29, 0.717) is 12.8 Å². The summed E-state index contributed by atoms with van der Waals surface area (Å²) in [6, 6.07) is 2.42. The van der Waals surface area contributed by atoms with Crippen molar-refractivity contribution >= 4 is 16.0 Å². The molecular formula is C12H18N2O4S. The molecular weight excluding hydrogens is 268 g/mol. The molecule has 1 atom stereocenters. The summed E-state index contributed by atoms with van der Waals surface area (Å²) in [4.78, 5) is 14.7. The van der Waals surface area contributed by atoms with Crippen LogP contribution in [0.3, 0.4) is 0 Å². The van der Waals surface area contributed by atoms with Crippen LogP contribution < -0.4 is 4.72 Å². The lowest BCUT2D eigenvalue weighted by atomic mass is 10.2. The summed E-state index contributed by atoms with van der Waals surface area (Å²) in [6.45, 7) is 1.81. The number of aliphatic carboxylic acids is 1. The van der Waals surface area contributed by atoms with Crippen LogP contribution in [-0.4, -0.2) is 36.3 Å². The number of pyridine rings is 1. The third kappa shape index (κ3) is 5.80. The number of hydrogen-bond acceptors (Lipinski definition) is 4. The van der Waals surface area contributed by atoms with Gasteiger partial charge in [0.2, 0.25) is 10.0 Å². The molecule has 1 aromatic heterocycles. The third-order valence-corrected chi connectivity index (χ3v) is 3.99. The quantitative estimate of drug-likeness (QED) is 0.736. The van der Waals surface area contributed by atoms with Gasteiger partial charge in [-0.1, -0.05) is 13.3 Å². The van der Waals surface area contributed by atoms with Crippen LogP contribution in [0.25, 0.3) is 0 Å². The van der Waals surface area contributed by atoms with Gasteiger partial charge in [0.05, 0.1) is 5.75 Å². The highest BCUT2D eigenvalue weighted by Crippen LogP contribution is 2.03. The van der Waals surface area contributed by atoms with Crippen LogP contribution in [0.4, 0.5) is 0 Å². The van der Waals surface area contributed by atoms with Gasteiger partial charge < -0.3 is 5.11 Å². The number of nitrogens with one attached hydrogen (secondary N) is 1. The molecule has 6 nitrogen and oxygen atoms in total. The molecule has 0 radical (unpaired) electrons. The first-order valence-corrected chi connectivity index (χ1v) is 7.71. The van der Waals surface area contributed by atoms with E-state index in [1.807, 2.05) is 0 Å². The van der Waals surface area contributed by atoms with Crippen molar-refractivity contribution in [1.82, 2.24) is 9.71 Å². The van der Waals surface area contributed by atoms with Gasteiger partial charge in [0, 0.05) is 12.4 Å². The first kappa shape index (κ1) is 15.6. The lowest BCUT2D eigenvalue weighted by molar-refractivity contribution is -0.139. The fraction of sp³-hybridized carbons (Fsp3) is 0.500. The van der Waals surface area contributed by atoms with Crippen molar-refractivity contribution in [3.05, 3.63) is 30.1 Å². The second-order valence-corrected chi connectivity index (χ2v) is 6.10. The molecule has 2 N–H and O–H groups in total. The summed E-state index contributed by atoms with van der Waals surface area (Å²) in [5.41, 5.74) is 0.850. The predicted molar refractivity (Wildman–Crippen MR) is 71.2 cm³/mol. The fourth-order valence-electron chi connectivity index (χ4n) is 1.60. The van der Waals surface area contributed by atoms with Gasteiger partial charge in [0.25, 0.3) is 0 Å². The maximum atomic E-state index is 11.8. The van der Waals surface area contributed by atoms with Gasteiger partial charge in [-0.25, -0.2) is 13.1 Å². The predicted octanol–water partition coefficient (Wildman–Crippen LogP) is 0.797. The molecule has 0 aliphatic carbocycles. The Morgan fingerprint density at radius 2 is 2.05 bits per heavy atom. The van der Waals surface area contributed by atoms with Crippen molar-refractivity contribution in [3.8, 4) is 0 Å². The number of hydrogen-bond donors (Lipinski definition) is 2. The first-order valence-electron chi connectivity index (χ1n) is 6.06. The molecule has 0 aromatic carbocycles. The molecule has 1 aromatic rings. The van der Waals surface area contributed by atoms with Crippen LogP contribution >= 0.6 is 0 Å². The lowest BCUT2D eigenvalue weighted by Crippen LogP contribution is -2.41. The highest BCUT2D eigenvalue weighted by Gasteiger charge is 2.22. The van der Waals surface area contributed by atoms with Crippen LogP contribution in [0, 0.1) is 0 Å². The normalized spacial score (nSPS) is 13.1. The maximum absolute atomic E-state index is 11.8. The van der Waals surface area contributed by atoms with E-state index in [9.17, 15) is 13.2 Å². The monoisotopic (exact) mass is 286 g/mol. The number of aryl methyl sites for hydroxylation is 1. The minimum Gasteiger partial charge on any atom is -0.480 e. The zero-order valence-corrected chi connectivity index (χ0v) is 11.6. The Hall–Kier alpha value is -1.47. The number of sulfonamides is 1. The summed E-state index contributed by atoms with van der Waals surface area (Å²) in [7, 11) is -3.60. The molecule has 7 heteroatoms. The minimum atomic E-state index is -3.60. The van der Waals surface area contributed by atoms with Crippen molar-refractivity contribution < 1.29 is 18.3 Å². The smallest absolute Gasteiger partial charge is 0.321 e. The molecule has 0 saturated carbocycles. The van der Waals surface area contributed by atoms with Crippen LogP contribution in [-0.2, 0) is 21.2 Å². The SMILES string of the molecule is CCC[C@@H](NS(=O)(=O)CCc1ccncc1)C(=O)O. The van der Waals surface area contributed by atoms with Crippen molar-refractivity contribution in [2.75, 3.05) is 5.75 Å². The lowest BCUT2D eigenvalue weighted by Gasteiger charge is -2.13. The van der Waals surface area contributed by atoms with Crippen LogP contribution in [0.2, 0.25) is 0 Å². The number of carbonyl (C=O) groups is 1. The second-order valence-electron chi connectivity index (χ2n) is 4.22. The number of rotatable bonds is 8. The Bertz CT molecular complexity index is 502. The van der Waals surface area contributed by atoms with E-state index in [-0.39, 0.29) is 12.2 Å². The highest BCUT2D eigenvalue weighted by atomic mass is 32.2. The molecule has 0 unspecified atom stereocenters.